The molecule has 2 rings (SSSR count). The first-order chi connectivity index (χ1) is 7.46. The van der Waals surface area contributed by atoms with Crippen LogP contribution in [0.1, 0.15) is 25.0 Å². The third kappa shape index (κ3) is 2.52. The Morgan fingerprint density at radius 1 is 1.31 bits per heavy atom. The van der Waals surface area contributed by atoms with Crippen LogP contribution in [-0.4, -0.2) is 28.7 Å². The van der Waals surface area contributed by atoms with E-state index in [4.69, 9.17) is 0 Å². The minimum Gasteiger partial charge on any atom is -0.389 e. The summed E-state index contributed by atoms with van der Waals surface area (Å²) in [4.78, 5) is 2.24. The van der Waals surface area contributed by atoms with Gasteiger partial charge in [-0.05, 0) is 30.5 Å². The van der Waals surface area contributed by atoms with Crippen molar-refractivity contribution in [2.45, 2.75) is 26.0 Å². The normalized spacial score (nSPS) is 17.3. The maximum atomic E-state index is 9.83. The van der Waals surface area contributed by atoms with E-state index in [2.05, 4.69) is 35.7 Å². The van der Waals surface area contributed by atoms with Crippen molar-refractivity contribution in [3.63, 3.8) is 0 Å². The zero-order chi connectivity index (χ0) is 11.8. The first-order valence-corrected chi connectivity index (χ1v) is 5.66. The number of fused-ring (bicyclic) bond motifs is 1. The molecule has 0 radical (unpaired) electrons. The Morgan fingerprint density at radius 3 is 2.69 bits per heavy atom. The lowest BCUT2D eigenvalue weighted by Gasteiger charge is -2.34. The number of rotatable bonds is 2. The summed E-state index contributed by atoms with van der Waals surface area (Å²) in [6, 6.07) is 8.37. The van der Waals surface area contributed by atoms with Gasteiger partial charge >= 0.3 is 0 Å². The van der Waals surface area contributed by atoms with Gasteiger partial charge in [-0.1, -0.05) is 30.8 Å². The Bertz CT molecular complexity index is 403. The fourth-order valence-corrected chi connectivity index (χ4v) is 2.31. The van der Waals surface area contributed by atoms with Crippen LogP contribution in [0.25, 0.3) is 5.57 Å². The molecular formula is C14H19NO. The Labute approximate surface area is 97.2 Å². The van der Waals surface area contributed by atoms with E-state index in [1.807, 2.05) is 13.8 Å². The second-order valence-electron chi connectivity index (χ2n) is 5.22. The summed E-state index contributed by atoms with van der Waals surface area (Å²) in [7, 11) is 0. The molecule has 86 valence electrons. The van der Waals surface area contributed by atoms with Crippen molar-refractivity contribution in [3.8, 4) is 0 Å². The van der Waals surface area contributed by atoms with E-state index in [0.717, 1.165) is 18.7 Å². The molecule has 1 aromatic carbocycles. The smallest absolute Gasteiger partial charge is 0.0718 e. The zero-order valence-corrected chi connectivity index (χ0v) is 10.0. The third-order valence-corrected chi connectivity index (χ3v) is 2.82. The maximum absolute atomic E-state index is 9.83. The fourth-order valence-electron chi connectivity index (χ4n) is 2.31. The Balaban J connectivity index is 2.18. The summed E-state index contributed by atoms with van der Waals surface area (Å²) in [5.74, 6) is 0. The molecule has 0 unspecified atom stereocenters. The SMILES string of the molecule is C=C1CN(CC(C)(C)O)Cc2ccccc21. The molecule has 1 aliphatic rings. The van der Waals surface area contributed by atoms with Crippen LogP contribution in [0.3, 0.4) is 0 Å². The summed E-state index contributed by atoms with van der Waals surface area (Å²) >= 11 is 0. The van der Waals surface area contributed by atoms with E-state index in [1.165, 1.54) is 11.1 Å². The van der Waals surface area contributed by atoms with E-state index in [0.29, 0.717) is 6.54 Å². The highest BCUT2D eigenvalue weighted by atomic mass is 16.3. The van der Waals surface area contributed by atoms with Crippen molar-refractivity contribution in [1.82, 2.24) is 4.90 Å². The molecule has 16 heavy (non-hydrogen) atoms. The molecule has 1 aliphatic heterocycles. The second-order valence-corrected chi connectivity index (χ2v) is 5.22. The number of nitrogens with zero attached hydrogens (tertiary/aromatic N) is 1. The fraction of sp³-hybridized carbons (Fsp3) is 0.429. The second kappa shape index (κ2) is 4.04. The number of hydrogen-bond acceptors (Lipinski definition) is 2. The zero-order valence-electron chi connectivity index (χ0n) is 10.0. The van der Waals surface area contributed by atoms with E-state index >= 15 is 0 Å². The van der Waals surface area contributed by atoms with Gasteiger partial charge in [-0.15, -0.1) is 0 Å². The summed E-state index contributed by atoms with van der Waals surface area (Å²) in [5, 5.41) is 9.83. The summed E-state index contributed by atoms with van der Waals surface area (Å²) in [6.07, 6.45) is 0. The van der Waals surface area contributed by atoms with Gasteiger partial charge in [0, 0.05) is 19.6 Å². The van der Waals surface area contributed by atoms with Gasteiger partial charge in [-0.3, -0.25) is 4.90 Å². The number of hydrogen-bond donors (Lipinski definition) is 1. The van der Waals surface area contributed by atoms with Gasteiger partial charge in [0.05, 0.1) is 5.60 Å². The lowest BCUT2D eigenvalue weighted by Crippen LogP contribution is -2.40. The van der Waals surface area contributed by atoms with Crippen molar-refractivity contribution in [2.24, 2.45) is 0 Å². The van der Waals surface area contributed by atoms with Crippen LogP contribution in [0.2, 0.25) is 0 Å². The van der Waals surface area contributed by atoms with Crippen LogP contribution in [0, 0.1) is 0 Å². The molecule has 1 N–H and O–H groups in total. The largest absolute Gasteiger partial charge is 0.389 e. The van der Waals surface area contributed by atoms with Crippen LogP contribution >= 0.6 is 0 Å². The quantitative estimate of drug-likeness (QED) is 0.821. The molecule has 0 atom stereocenters. The number of benzene rings is 1. The molecule has 0 spiro atoms. The lowest BCUT2D eigenvalue weighted by atomic mass is 9.95. The van der Waals surface area contributed by atoms with Gasteiger partial charge in [0.25, 0.3) is 0 Å². The average Bonchev–Trinajstić information content (AvgIpc) is 2.15. The molecule has 2 nitrogen and oxygen atoms in total. The van der Waals surface area contributed by atoms with Crippen molar-refractivity contribution in [1.29, 1.82) is 0 Å². The van der Waals surface area contributed by atoms with E-state index in [9.17, 15) is 5.11 Å². The van der Waals surface area contributed by atoms with Crippen molar-refractivity contribution < 1.29 is 5.11 Å². The summed E-state index contributed by atoms with van der Waals surface area (Å²) < 4.78 is 0. The molecule has 0 saturated carbocycles. The van der Waals surface area contributed by atoms with Gasteiger partial charge in [0.15, 0.2) is 0 Å². The van der Waals surface area contributed by atoms with Gasteiger partial charge in [0.1, 0.15) is 0 Å². The van der Waals surface area contributed by atoms with Gasteiger partial charge in [-0.25, -0.2) is 0 Å². The van der Waals surface area contributed by atoms with E-state index in [-0.39, 0.29) is 0 Å². The van der Waals surface area contributed by atoms with Crippen LogP contribution < -0.4 is 0 Å². The Kier molecular flexibility index (Phi) is 2.87. The van der Waals surface area contributed by atoms with Crippen LogP contribution in [0.15, 0.2) is 30.8 Å². The van der Waals surface area contributed by atoms with Gasteiger partial charge < -0.3 is 5.11 Å². The molecule has 0 saturated heterocycles. The molecule has 1 heterocycles. The highest BCUT2D eigenvalue weighted by molar-refractivity contribution is 5.69. The predicted molar refractivity (Wildman–Crippen MR) is 67.1 cm³/mol. The van der Waals surface area contributed by atoms with E-state index in [1.54, 1.807) is 0 Å². The first-order valence-electron chi connectivity index (χ1n) is 5.66. The van der Waals surface area contributed by atoms with Crippen molar-refractivity contribution in [3.05, 3.63) is 42.0 Å². The molecular weight excluding hydrogens is 198 g/mol. The standard InChI is InChI=1S/C14H19NO/c1-11-8-15(10-14(2,3)16)9-12-6-4-5-7-13(11)12/h4-7,16H,1,8-10H2,2-3H3. The molecule has 0 aromatic heterocycles. The monoisotopic (exact) mass is 217 g/mol. The van der Waals surface area contributed by atoms with Gasteiger partial charge in [-0.2, -0.15) is 0 Å². The minimum absolute atomic E-state index is 0.646. The third-order valence-electron chi connectivity index (χ3n) is 2.82. The van der Waals surface area contributed by atoms with E-state index < -0.39 is 5.60 Å². The highest BCUT2D eigenvalue weighted by Crippen LogP contribution is 2.26. The lowest BCUT2D eigenvalue weighted by molar-refractivity contribution is 0.0373. The Hall–Kier alpha value is -1.12. The summed E-state index contributed by atoms with van der Waals surface area (Å²) in [5.41, 5.74) is 3.08. The topological polar surface area (TPSA) is 23.5 Å². The average molecular weight is 217 g/mol. The van der Waals surface area contributed by atoms with Crippen LogP contribution in [0.4, 0.5) is 0 Å². The van der Waals surface area contributed by atoms with Crippen molar-refractivity contribution >= 4 is 5.57 Å². The highest BCUT2D eigenvalue weighted by Gasteiger charge is 2.23. The molecule has 0 fully saturated rings. The predicted octanol–water partition coefficient (Wildman–Crippen LogP) is 2.29. The summed E-state index contributed by atoms with van der Waals surface area (Å²) in [6.45, 7) is 10.2. The Morgan fingerprint density at radius 2 is 2.00 bits per heavy atom. The van der Waals surface area contributed by atoms with Crippen LogP contribution in [0.5, 0.6) is 0 Å². The molecule has 1 aromatic rings. The minimum atomic E-state index is -0.646. The maximum Gasteiger partial charge on any atom is 0.0718 e. The molecule has 0 aliphatic carbocycles. The van der Waals surface area contributed by atoms with Gasteiger partial charge in [0.2, 0.25) is 0 Å². The molecule has 0 bridgehead atoms. The number of β-amino-alcohol motifs (C(OH)–C–C–N with tert-alkyl or cyclic N) is 1. The number of aliphatic hydroxyl groups is 1. The van der Waals surface area contributed by atoms with Crippen molar-refractivity contribution in [2.75, 3.05) is 13.1 Å². The molecule has 2 heteroatoms. The van der Waals surface area contributed by atoms with Crippen LogP contribution in [-0.2, 0) is 6.54 Å². The molecule has 0 amide bonds. The first kappa shape index (κ1) is 11.4.